The number of hydrogen-bond acceptors (Lipinski definition) is 6. The number of rotatable bonds is 8. The van der Waals surface area contributed by atoms with Crippen LogP contribution in [0.2, 0.25) is 10.0 Å². The summed E-state index contributed by atoms with van der Waals surface area (Å²) in [6.45, 7) is 3.59. The largest absolute Gasteiger partial charge is 0.465 e. The van der Waals surface area contributed by atoms with Crippen LogP contribution < -0.4 is 0 Å². The number of benzene rings is 1. The van der Waals surface area contributed by atoms with Crippen LogP contribution in [0.5, 0.6) is 0 Å². The lowest BCUT2D eigenvalue weighted by Gasteiger charge is -2.18. The van der Waals surface area contributed by atoms with Gasteiger partial charge in [0.1, 0.15) is 0 Å². The maximum atomic E-state index is 11.8. The lowest BCUT2D eigenvalue weighted by molar-refractivity contribution is -0.144. The first-order valence-corrected chi connectivity index (χ1v) is 8.96. The molecule has 3 rings (SSSR count). The van der Waals surface area contributed by atoms with E-state index in [1.807, 2.05) is 4.90 Å². The van der Waals surface area contributed by atoms with Crippen LogP contribution >= 0.6 is 23.2 Å². The molecule has 0 aliphatic heterocycles. The summed E-state index contributed by atoms with van der Waals surface area (Å²) in [5.41, 5.74) is 0.629. The van der Waals surface area contributed by atoms with Crippen molar-refractivity contribution in [1.29, 1.82) is 0 Å². The molecule has 25 heavy (non-hydrogen) atoms. The first-order valence-electron chi connectivity index (χ1n) is 8.21. The number of esters is 1. The smallest absolute Gasteiger partial charge is 0.320 e. The molecule has 0 amide bonds. The van der Waals surface area contributed by atoms with Crippen molar-refractivity contribution in [3.05, 3.63) is 34.1 Å². The van der Waals surface area contributed by atoms with E-state index < -0.39 is 0 Å². The maximum absolute atomic E-state index is 11.8. The van der Waals surface area contributed by atoms with Crippen molar-refractivity contribution in [2.24, 2.45) is 5.92 Å². The second-order valence-electron chi connectivity index (χ2n) is 6.04. The normalized spacial score (nSPS) is 14.1. The first-order chi connectivity index (χ1) is 12.0. The van der Waals surface area contributed by atoms with Gasteiger partial charge in [-0.1, -0.05) is 23.2 Å². The summed E-state index contributed by atoms with van der Waals surface area (Å²) < 4.78 is 10.8. The number of carbonyl (C=O) groups excluding carboxylic acids is 1. The van der Waals surface area contributed by atoms with Crippen LogP contribution in [0.4, 0.5) is 0 Å². The zero-order chi connectivity index (χ0) is 17.8. The number of aromatic nitrogens is 2. The van der Waals surface area contributed by atoms with Crippen LogP contribution in [0.25, 0.3) is 11.5 Å². The van der Waals surface area contributed by atoms with Crippen molar-refractivity contribution in [1.82, 2.24) is 15.1 Å². The Bertz CT molecular complexity index is 746. The highest BCUT2D eigenvalue weighted by atomic mass is 35.5. The fourth-order valence-electron chi connectivity index (χ4n) is 2.52. The Balaban J connectivity index is 1.69. The molecule has 6 nitrogen and oxygen atoms in total. The molecule has 1 heterocycles. The van der Waals surface area contributed by atoms with Crippen molar-refractivity contribution in [3.63, 3.8) is 0 Å². The maximum Gasteiger partial charge on any atom is 0.320 e. The van der Waals surface area contributed by atoms with E-state index in [0.717, 1.165) is 6.54 Å². The lowest BCUT2D eigenvalue weighted by atomic mass is 10.2. The molecule has 0 N–H and O–H groups in total. The second-order valence-corrected chi connectivity index (χ2v) is 6.89. The van der Waals surface area contributed by atoms with Crippen LogP contribution in [0.1, 0.15) is 25.7 Å². The van der Waals surface area contributed by atoms with Crippen LogP contribution in [-0.4, -0.2) is 40.8 Å². The predicted octanol–water partition coefficient (Wildman–Crippen LogP) is 3.82. The van der Waals surface area contributed by atoms with Gasteiger partial charge in [0.15, 0.2) is 0 Å². The van der Waals surface area contributed by atoms with Crippen molar-refractivity contribution >= 4 is 29.2 Å². The summed E-state index contributed by atoms with van der Waals surface area (Å²) in [6, 6.07) is 5.08. The minimum atomic E-state index is -0.247. The molecule has 134 valence electrons. The van der Waals surface area contributed by atoms with E-state index >= 15 is 0 Å². The Morgan fingerprint density at radius 1 is 1.36 bits per heavy atom. The summed E-state index contributed by atoms with van der Waals surface area (Å²) >= 11 is 12.1. The standard InChI is InChI=1S/C17H19Cl2N3O3/c1-2-24-16(23)10-22(8-11-3-4-11)9-15-20-21-17(25-15)13-6-5-12(18)7-14(13)19/h5-7,11H,2-4,8-10H2,1H3. The molecule has 1 aliphatic carbocycles. The van der Waals surface area contributed by atoms with E-state index in [2.05, 4.69) is 10.2 Å². The molecule has 1 aromatic heterocycles. The Kier molecular flexibility index (Phi) is 5.93. The molecule has 2 aromatic rings. The Morgan fingerprint density at radius 3 is 2.84 bits per heavy atom. The molecule has 0 saturated heterocycles. The van der Waals surface area contributed by atoms with Gasteiger partial charge in [0.05, 0.1) is 30.3 Å². The van der Waals surface area contributed by atoms with E-state index in [9.17, 15) is 4.79 Å². The highest BCUT2D eigenvalue weighted by Crippen LogP contribution is 2.31. The zero-order valence-electron chi connectivity index (χ0n) is 13.9. The van der Waals surface area contributed by atoms with Gasteiger partial charge in [0.2, 0.25) is 11.8 Å². The summed E-state index contributed by atoms with van der Waals surface area (Å²) in [4.78, 5) is 13.8. The topological polar surface area (TPSA) is 68.5 Å². The van der Waals surface area contributed by atoms with Gasteiger partial charge in [0.25, 0.3) is 0 Å². The summed E-state index contributed by atoms with van der Waals surface area (Å²) in [7, 11) is 0. The fourth-order valence-corrected chi connectivity index (χ4v) is 3.01. The number of carbonyl (C=O) groups is 1. The van der Waals surface area contributed by atoms with E-state index in [4.69, 9.17) is 32.4 Å². The number of ether oxygens (including phenoxy) is 1. The molecule has 1 aromatic carbocycles. The third-order valence-corrected chi connectivity index (χ3v) is 4.41. The minimum Gasteiger partial charge on any atom is -0.465 e. The molecule has 1 aliphatic rings. The Labute approximate surface area is 156 Å². The van der Waals surface area contributed by atoms with E-state index in [0.29, 0.717) is 46.5 Å². The van der Waals surface area contributed by atoms with Crippen LogP contribution in [0.15, 0.2) is 22.6 Å². The van der Waals surface area contributed by atoms with Gasteiger partial charge in [-0.05, 0) is 43.9 Å². The first kappa shape index (κ1) is 18.2. The fraction of sp³-hybridized carbons (Fsp3) is 0.471. The van der Waals surface area contributed by atoms with Crippen molar-refractivity contribution in [3.8, 4) is 11.5 Å². The molecule has 1 saturated carbocycles. The molecule has 1 fully saturated rings. The van der Waals surface area contributed by atoms with E-state index in [-0.39, 0.29) is 12.5 Å². The van der Waals surface area contributed by atoms with Gasteiger partial charge in [0, 0.05) is 11.6 Å². The zero-order valence-corrected chi connectivity index (χ0v) is 15.4. The van der Waals surface area contributed by atoms with Gasteiger partial charge < -0.3 is 9.15 Å². The number of halogens is 2. The Hall–Kier alpha value is -1.63. The number of nitrogens with zero attached hydrogens (tertiary/aromatic N) is 3. The quantitative estimate of drug-likeness (QED) is 0.645. The lowest BCUT2D eigenvalue weighted by Crippen LogP contribution is -2.32. The molecule has 0 spiro atoms. The summed E-state index contributed by atoms with van der Waals surface area (Å²) in [6.07, 6.45) is 2.38. The monoisotopic (exact) mass is 383 g/mol. The molecular weight excluding hydrogens is 365 g/mol. The van der Waals surface area contributed by atoms with Crippen molar-refractivity contribution < 1.29 is 13.9 Å². The SMILES string of the molecule is CCOC(=O)CN(Cc1nnc(-c2ccc(Cl)cc2Cl)o1)CC1CC1. The van der Waals surface area contributed by atoms with Crippen LogP contribution in [-0.2, 0) is 16.1 Å². The average molecular weight is 384 g/mol. The molecule has 0 bridgehead atoms. The third kappa shape index (κ3) is 5.17. The van der Waals surface area contributed by atoms with E-state index in [1.54, 1.807) is 25.1 Å². The molecular formula is C17H19Cl2N3O3. The summed E-state index contributed by atoms with van der Waals surface area (Å²) in [5, 5.41) is 9.12. The molecule has 8 heteroatoms. The Morgan fingerprint density at radius 2 is 2.16 bits per heavy atom. The number of hydrogen-bond donors (Lipinski definition) is 0. The molecule has 0 atom stereocenters. The molecule has 0 unspecified atom stereocenters. The van der Waals surface area contributed by atoms with E-state index in [1.165, 1.54) is 12.8 Å². The third-order valence-electron chi connectivity index (χ3n) is 3.86. The van der Waals surface area contributed by atoms with Gasteiger partial charge in [-0.3, -0.25) is 9.69 Å². The predicted molar refractivity (Wildman–Crippen MR) is 94.4 cm³/mol. The summed E-state index contributed by atoms with van der Waals surface area (Å²) in [5.74, 6) is 1.15. The van der Waals surface area contributed by atoms with Gasteiger partial charge in [-0.25, -0.2) is 0 Å². The van der Waals surface area contributed by atoms with Crippen LogP contribution in [0.3, 0.4) is 0 Å². The van der Waals surface area contributed by atoms with Crippen LogP contribution in [0, 0.1) is 5.92 Å². The van der Waals surface area contributed by atoms with Crippen molar-refractivity contribution in [2.75, 3.05) is 19.7 Å². The minimum absolute atomic E-state index is 0.212. The second kappa shape index (κ2) is 8.17. The molecule has 0 radical (unpaired) electrons. The van der Waals surface area contributed by atoms with Gasteiger partial charge in [-0.15, -0.1) is 10.2 Å². The highest BCUT2D eigenvalue weighted by molar-refractivity contribution is 6.36. The average Bonchev–Trinajstić information content (AvgIpc) is 3.24. The van der Waals surface area contributed by atoms with Gasteiger partial charge >= 0.3 is 5.97 Å². The van der Waals surface area contributed by atoms with Crippen molar-refractivity contribution in [2.45, 2.75) is 26.3 Å². The highest BCUT2D eigenvalue weighted by Gasteiger charge is 2.27. The van der Waals surface area contributed by atoms with Gasteiger partial charge in [-0.2, -0.15) is 0 Å².